The quantitative estimate of drug-likeness (QED) is 0.129. The average molecular weight is 472 g/mol. The van der Waals surface area contributed by atoms with Crippen molar-refractivity contribution in [2.45, 2.75) is 109 Å². The molecule has 0 amide bonds. The molecule has 0 aromatic rings. The zero-order valence-electron chi connectivity index (χ0n) is 16.8. The van der Waals surface area contributed by atoms with Gasteiger partial charge in [-0.15, -0.1) is 24.0 Å². The molecule has 0 aromatic carbocycles. The van der Waals surface area contributed by atoms with Gasteiger partial charge in [-0.1, -0.05) is 90.4 Å². The van der Waals surface area contributed by atoms with Crippen molar-refractivity contribution in [1.82, 2.24) is 5.32 Å². The molecule has 4 heteroatoms. The molecule has 0 heterocycles. The van der Waals surface area contributed by atoms with Crippen molar-refractivity contribution in [3.05, 3.63) is 0 Å². The van der Waals surface area contributed by atoms with Crippen LogP contribution in [0.4, 0.5) is 0 Å². The number of hydrogen-bond acceptors (Lipinski definition) is 2. The van der Waals surface area contributed by atoms with E-state index in [4.69, 9.17) is 4.43 Å². The predicted molar refractivity (Wildman–Crippen MR) is 124 cm³/mol. The van der Waals surface area contributed by atoms with Crippen molar-refractivity contribution < 1.29 is 4.43 Å². The monoisotopic (exact) mass is 471 g/mol. The van der Waals surface area contributed by atoms with Gasteiger partial charge in [-0.05, 0) is 32.0 Å². The van der Waals surface area contributed by atoms with Gasteiger partial charge in [0.15, 0.2) is 9.76 Å². The summed E-state index contributed by atoms with van der Waals surface area (Å²) in [5, 5.41) is 3.55. The number of nitrogens with one attached hydrogen (secondary N) is 1. The SMILES string of the molecule is CCCCCCCCCCCCCCCCNCCC[SiH2]OC.I. The summed E-state index contributed by atoms with van der Waals surface area (Å²) in [6.45, 7) is 4.70. The van der Waals surface area contributed by atoms with Crippen LogP contribution in [0.3, 0.4) is 0 Å². The van der Waals surface area contributed by atoms with Gasteiger partial charge in [0.1, 0.15) is 0 Å². The van der Waals surface area contributed by atoms with E-state index < -0.39 is 0 Å². The summed E-state index contributed by atoms with van der Waals surface area (Å²) >= 11 is 0. The highest BCUT2D eigenvalue weighted by Crippen LogP contribution is 2.12. The summed E-state index contributed by atoms with van der Waals surface area (Å²) < 4.78 is 5.19. The second kappa shape index (κ2) is 26.1. The second-order valence-corrected chi connectivity index (χ2v) is 8.74. The van der Waals surface area contributed by atoms with Gasteiger partial charge in [0.05, 0.1) is 0 Å². The van der Waals surface area contributed by atoms with Crippen LogP contribution in [-0.4, -0.2) is 30.0 Å². The second-order valence-electron chi connectivity index (χ2n) is 7.05. The Morgan fingerprint density at radius 1 is 0.625 bits per heavy atom. The van der Waals surface area contributed by atoms with Crippen molar-refractivity contribution in [3.63, 3.8) is 0 Å². The Kier molecular flexibility index (Phi) is 29.5. The predicted octanol–water partition coefficient (Wildman–Crippen LogP) is 6.21. The molecule has 0 radical (unpaired) electrons. The molecule has 0 saturated heterocycles. The van der Waals surface area contributed by atoms with Crippen LogP contribution in [0.15, 0.2) is 0 Å². The number of hydrogen-bond donors (Lipinski definition) is 1. The number of rotatable bonds is 20. The fraction of sp³-hybridized carbons (Fsp3) is 1.00. The first-order valence-electron chi connectivity index (χ1n) is 10.6. The molecule has 0 fully saturated rings. The molecule has 24 heavy (non-hydrogen) atoms. The van der Waals surface area contributed by atoms with Gasteiger partial charge >= 0.3 is 0 Å². The number of halogens is 1. The Bertz CT molecular complexity index is 188. The smallest absolute Gasteiger partial charge is 0.161 e. The lowest BCUT2D eigenvalue weighted by Gasteiger charge is -2.05. The summed E-state index contributed by atoms with van der Waals surface area (Å²) in [6, 6.07) is 1.32. The lowest BCUT2D eigenvalue weighted by Crippen LogP contribution is -2.17. The van der Waals surface area contributed by atoms with Crippen molar-refractivity contribution >= 4 is 33.7 Å². The van der Waals surface area contributed by atoms with Crippen LogP contribution >= 0.6 is 24.0 Å². The van der Waals surface area contributed by atoms with Gasteiger partial charge in [-0.2, -0.15) is 0 Å². The molecule has 2 nitrogen and oxygen atoms in total. The Balaban J connectivity index is 0. The molecule has 0 aromatic heterocycles. The van der Waals surface area contributed by atoms with Crippen LogP contribution in [0.5, 0.6) is 0 Å². The van der Waals surface area contributed by atoms with Crippen LogP contribution in [-0.2, 0) is 4.43 Å². The van der Waals surface area contributed by atoms with Crippen molar-refractivity contribution in [2.75, 3.05) is 20.2 Å². The van der Waals surface area contributed by atoms with E-state index in [1.807, 2.05) is 7.11 Å². The van der Waals surface area contributed by atoms with E-state index in [1.54, 1.807) is 0 Å². The third kappa shape index (κ3) is 25.1. The fourth-order valence-corrected chi connectivity index (χ4v) is 3.81. The lowest BCUT2D eigenvalue weighted by molar-refractivity contribution is 0.438. The minimum Gasteiger partial charge on any atom is -0.427 e. The molecular weight excluding hydrogens is 425 g/mol. The maximum Gasteiger partial charge on any atom is 0.161 e. The number of unbranched alkanes of at least 4 members (excludes halogenated alkanes) is 13. The highest BCUT2D eigenvalue weighted by molar-refractivity contribution is 14.0. The molecular formula is C20H46INOSi. The topological polar surface area (TPSA) is 21.3 Å². The third-order valence-corrected chi connectivity index (χ3v) is 5.86. The van der Waals surface area contributed by atoms with E-state index in [9.17, 15) is 0 Å². The first kappa shape index (κ1) is 27.1. The maximum absolute atomic E-state index is 5.19. The summed E-state index contributed by atoms with van der Waals surface area (Å²) in [4.78, 5) is 0. The Labute approximate surface area is 172 Å². The van der Waals surface area contributed by atoms with E-state index in [0.717, 1.165) is 0 Å². The molecule has 0 aliphatic heterocycles. The third-order valence-electron chi connectivity index (χ3n) is 4.66. The van der Waals surface area contributed by atoms with Gasteiger partial charge in [-0.3, -0.25) is 0 Å². The van der Waals surface area contributed by atoms with Gasteiger partial charge < -0.3 is 9.74 Å². The van der Waals surface area contributed by atoms with Gasteiger partial charge in [0, 0.05) is 7.11 Å². The standard InChI is InChI=1S/C20H45NOSi.HI/c1-3-4-5-6-7-8-9-10-11-12-13-14-15-16-18-21-19-17-20-23-22-2;/h21H,3-20,23H2,1-2H3;1H. The summed E-state index contributed by atoms with van der Waals surface area (Å²) in [7, 11) is 1.66. The first-order chi connectivity index (χ1) is 11.4. The van der Waals surface area contributed by atoms with E-state index in [2.05, 4.69) is 12.2 Å². The highest BCUT2D eigenvalue weighted by atomic mass is 127. The van der Waals surface area contributed by atoms with Crippen molar-refractivity contribution in [2.24, 2.45) is 0 Å². The molecule has 148 valence electrons. The first-order valence-corrected chi connectivity index (χ1v) is 12.2. The van der Waals surface area contributed by atoms with E-state index in [-0.39, 0.29) is 33.7 Å². The molecule has 0 aliphatic carbocycles. The zero-order valence-corrected chi connectivity index (χ0v) is 20.5. The highest BCUT2D eigenvalue weighted by Gasteiger charge is 1.94. The summed E-state index contributed by atoms with van der Waals surface area (Å²) in [5.41, 5.74) is 0. The van der Waals surface area contributed by atoms with E-state index >= 15 is 0 Å². The molecule has 0 saturated carbocycles. The Hall–Kier alpha value is 0.867. The van der Waals surface area contributed by atoms with Crippen LogP contribution in [0.25, 0.3) is 0 Å². The zero-order chi connectivity index (χ0) is 16.8. The van der Waals surface area contributed by atoms with Crippen LogP contribution in [0, 0.1) is 0 Å². The summed E-state index contributed by atoms with van der Waals surface area (Å²) in [5.74, 6) is 0. The van der Waals surface area contributed by atoms with Crippen molar-refractivity contribution in [1.29, 1.82) is 0 Å². The largest absolute Gasteiger partial charge is 0.427 e. The average Bonchev–Trinajstić information content (AvgIpc) is 2.57. The van der Waals surface area contributed by atoms with Gasteiger partial charge in [0.2, 0.25) is 0 Å². The minimum atomic E-state index is -0.185. The molecule has 1 N–H and O–H groups in total. The van der Waals surface area contributed by atoms with E-state index in [0.29, 0.717) is 0 Å². The Morgan fingerprint density at radius 2 is 1.04 bits per heavy atom. The molecule has 0 spiro atoms. The van der Waals surface area contributed by atoms with Crippen molar-refractivity contribution in [3.8, 4) is 0 Å². The van der Waals surface area contributed by atoms with Crippen LogP contribution < -0.4 is 5.32 Å². The molecule has 0 aliphatic rings. The van der Waals surface area contributed by atoms with Crippen LogP contribution in [0.2, 0.25) is 6.04 Å². The van der Waals surface area contributed by atoms with E-state index in [1.165, 1.54) is 115 Å². The normalized spacial score (nSPS) is 11.2. The van der Waals surface area contributed by atoms with Gasteiger partial charge in [0.25, 0.3) is 0 Å². The summed E-state index contributed by atoms with van der Waals surface area (Å²) in [6.07, 6.45) is 21.5. The molecule has 0 bridgehead atoms. The maximum atomic E-state index is 5.19. The van der Waals surface area contributed by atoms with Crippen LogP contribution in [0.1, 0.15) is 103 Å². The lowest BCUT2D eigenvalue weighted by atomic mass is 10.0. The Morgan fingerprint density at radius 3 is 1.50 bits per heavy atom. The fourth-order valence-electron chi connectivity index (χ4n) is 3.07. The minimum absolute atomic E-state index is 0. The molecule has 0 unspecified atom stereocenters. The molecule has 0 rings (SSSR count). The van der Waals surface area contributed by atoms with Gasteiger partial charge in [-0.25, -0.2) is 0 Å². The molecule has 0 atom stereocenters.